The van der Waals surface area contributed by atoms with E-state index in [0.717, 1.165) is 51.1 Å². The summed E-state index contributed by atoms with van der Waals surface area (Å²) in [5, 5.41) is 0. The van der Waals surface area contributed by atoms with Gasteiger partial charge >= 0.3 is 6.09 Å². The van der Waals surface area contributed by atoms with Crippen LogP contribution >= 0.6 is 0 Å². The molecule has 0 unspecified atom stereocenters. The zero-order chi connectivity index (χ0) is 19.9. The maximum atomic E-state index is 12.1. The molecule has 1 aromatic carbocycles. The third-order valence-corrected chi connectivity index (χ3v) is 6.51. The Morgan fingerprint density at radius 1 is 1.11 bits per heavy atom. The predicted octanol–water partition coefficient (Wildman–Crippen LogP) is 2.92. The molecule has 0 radical (unpaired) electrons. The topological polar surface area (TPSA) is 66.9 Å². The van der Waals surface area contributed by atoms with Crippen molar-refractivity contribution in [1.82, 2.24) is 9.80 Å². The molecule has 1 spiro atoms. The van der Waals surface area contributed by atoms with Gasteiger partial charge in [0.15, 0.2) is 9.84 Å². The zero-order valence-electron chi connectivity index (χ0n) is 16.7. The van der Waals surface area contributed by atoms with E-state index in [0.29, 0.717) is 4.90 Å². The first-order valence-corrected chi connectivity index (χ1v) is 11.3. The van der Waals surface area contributed by atoms with Gasteiger partial charge in [0.05, 0.1) is 4.90 Å². The number of nitrogens with zero attached hydrogens (tertiary/aromatic N) is 2. The number of carbonyl (C=O) groups is 1. The van der Waals surface area contributed by atoms with Crippen molar-refractivity contribution in [2.45, 2.75) is 50.7 Å². The third kappa shape index (κ3) is 5.02. The second-order valence-corrected chi connectivity index (χ2v) is 11.0. The van der Waals surface area contributed by atoms with E-state index in [-0.39, 0.29) is 11.5 Å². The third-order valence-electron chi connectivity index (χ3n) is 5.38. The Morgan fingerprint density at radius 3 is 2.15 bits per heavy atom. The lowest BCUT2D eigenvalue weighted by atomic mass is 9.72. The molecule has 3 rings (SSSR count). The lowest BCUT2D eigenvalue weighted by Gasteiger charge is -2.53. The Hall–Kier alpha value is -1.60. The summed E-state index contributed by atoms with van der Waals surface area (Å²) < 4.78 is 28.5. The first-order valence-electron chi connectivity index (χ1n) is 9.45. The van der Waals surface area contributed by atoms with Crippen molar-refractivity contribution < 1.29 is 17.9 Å². The summed E-state index contributed by atoms with van der Waals surface area (Å²) in [6.45, 7) is 10.1. The molecular formula is C20H30N2O4S. The van der Waals surface area contributed by atoms with Crippen molar-refractivity contribution in [3.05, 3.63) is 29.8 Å². The molecule has 0 N–H and O–H groups in total. The van der Waals surface area contributed by atoms with Gasteiger partial charge in [-0.3, -0.25) is 4.90 Å². The standard InChI is InChI=1S/C20H30N2O4S/c1-19(2,3)26-18(23)22-14-20(15-22)9-11-21(12-10-20)13-16-5-7-17(8-6-16)27(4,24)25/h5-8H,9-15H2,1-4H3. The number of rotatable bonds is 3. The van der Waals surface area contributed by atoms with Crippen molar-refractivity contribution in [2.75, 3.05) is 32.4 Å². The van der Waals surface area contributed by atoms with Crippen LogP contribution in [0, 0.1) is 5.41 Å². The number of hydrogen-bond acceptors (Lipinski definition) is 5. The van der Waals surface area contributed by atoms with E-state index >= 15 is 0 Å². The van der Waals surface area contributed by atoms with Crippen LogP contribution in [0.2, 0.25) is 0 Å². The molecule has 1 aromatic rings. The summed E-state index contributed by atoms with van der Waals surface area (Å²) in [5.41, 5.74) is 0.922. The van der Waals surface area contributed by atoms with Crippen LogP contribution in [0.3, 0.4) is 0 Å². The van der Waals surface area contributed by atoms with E-state index in [1.165, 1.54) is 6.26 Å². The molecule has 0 saturated carbocycles. The van der Waals surface area contributed by atoms with Crippen LogP contribution in [0.1, 0.15) is 39.2 Å². The molecule has 27 heavy (non-hydrogen) atoms. The monoisotopic (exact) mass is 394 g/mol. The second kappa shape index (κ2) is 7.09. The number of ether oxygens (including phenoxy) is 1. The molecule has 2 saturated heterocycles. The highest BCUT2D eigenvalue weighted by atomic mass is 32.2. The Labute approximate surface area is 162 Å². The summed E-state index contributed by atoms with van der Waals surface area (Å²) in [7, 11) is -3.14. The average molecular weight is 395 g/mol. The van der Waals surface area contributed by atoms with Gasteiger partial charge in [-0.05, 0) is 64.4 Å². The number of amides is 1. The molecule has 0 atom stereocenters. The molecule has 2 heterocycles. The van der Waals surface area contributed by atoms with Gasteiger partial charge in [0.25, 0.3) is 0 Å². The van der Waals surface area contributed by atoms with Crippen molar-refractivity contribution in [2.24, 2.45) is 5.41 Å². The molecule has 0 aromatic heterocycles. The van der Waals surface area contributed by atoms with Crippen LogP contribution < -0.4 is 0 Å². The van der Waals surface area contributed by atoms with E-state index in [4.69, 9.17) is 4.74 Å². The van der Waals surface area contributed by atoms with Gasteiger partial charge in [-0.15, -0.1) is 0 Å². The highest BCUT2D eigenvalue weighted by Crippen LogP contribution is 2.41. The Kier molecular flexibility index (Phi) is 5.29. The molecule has 2 aliphatic rings. The smallest absolute Gasteiger partial charge is 0.410 e. The van der Waals surface area contributed by atoms with Crippen molar-refractivity contribution in [3.63, 3.8) is 0 Å². The zero-order valence-corrected chi connectivity index (χ0v) is 17.5. The first kappa shape index (κ1) is 20.1. The van der Waals surface area contributed by atoms with Crippen LogP contribution in [0.4, 0.5) is 4.79 Å². The van der Waals surface area contributed by atoms with Gasteiger partial charge in [-0.1, -0.05) is 12.1 Å². The highest BCUT2D eigenvalue weighted by molar-refractivity contribution is 7.90. The fourth-order valence-corrected chi connectivity index (χ4v) is 4.45. The molecule has 0 aliphatic carbocycles. The van der Waals surface area contributed by atoms with Crippen LogP contribution in [0.25, 0.3) is 0 Å². The summed E-state index contributed by atoms with van der Waals surface area (Å²) >= 11 is 0. The number of piperidine rings is 1. The molecule has 150 valence electrons. The van der Waals surface area contributed by atoms with Crippen LogP contribution in [-0.4, -0.2) is 62.3 Å². The highest BCUT2D eigenvalue weighted by Gasteiger charge is 2.47. The maximum absolute atomic E-state index is 12.1. The fourth-order valence-electron chi connectivity index (χ4n) is 3.82. The van der Waals surface area contributed by atoms with E-state index in [1.54, 1.807) is 12.1 Å². The number of sulfone groups is 1. The first-order chi connectivity index (χ1) is 12.5. The Morgan fingerprint density at radius 2 is 1.67 bits per heavy atom. The van der Waals surface area contributed by atoms with Crippen LogP contribution in [0.15, 0.2) is 29.2 Å². The number of hydrogen-bond donors (Lipinski definition) is 0. The van der Waals surface area contributed by atoms with Gasteiger partial charge in [-0.25, -0.2) is 13.2 Å². The Balaban J connectivity index is 1.47. The molecule has 1 amide bonds. The van der Waals surface area contributed by atoms with E-state index in [9.17, 15) is 13.2 Å². The quantitative estimate of drug-likeness (QED) is 0.789. The molecule has 6 nitrogen and oxygen atoms in total. The van der Waals surface area contributed by atoms with Gasteiger partial charge in [-0.2, -0.15) is 0 Å². The summed E-state index contributed by atoms with van der Waals surface area (Å²) in [5.74, 6) is 0. The lowest BCUT2D eigenvalue weighted by molar-refractivity contribution is -0.0600. The normalized spacial score (nSPS) is 20.4. The molecule has 2 aliphatic heterocycles. The summed E-state index contributed by atoms with van der Waals surface area (Å²) in [6, 6.07) is 7.16. The van der Waals surface area contributed by atoms with Gasteiger partial charge in [0.2, 0.25) is 0 Å². The van der Waals surface area contributed by atoms with Gasteiger partial charge in [0.1, 0.15) is 5.60 Å². The predicted molar refractivity (Wildman–Crippen MR) is 104 cm³/mol. The number of carbonyl (C=O) groups excluding carboxylic acids is 1. The van der Waals surface area contributed by atoms with Crippen molar-refractivity contribution in [1.29, 1.82) is 0 Å². The maximum Gasteiger partial charge on any atom is 0.410 e. The Bertz CT molecular complexity index is 780. The van der Waals surface area contributed by atoms with Gasteiger partial charge < -0.3 is 9.64 Å². The lowest BCUT2D eigenvalue weighted by Crippen LogP contribution is -2.62. The van der Waals surface area contributed by atoms with E-state index in [2.05, 4.69) is 4.90 Å². The minimum Gasteiger partial charge on any atom is -0.444 e. The van der Waals surface area contributed by atoms with Gasteiger partial charge in [0, 0.05) is 31.3 Å². The molecule has 0 bridgehead atoms. The largest absolute Gasteiger partial charge is 0.444 e. The van der Waals surface area contributed by atoms with E-state index < -0.39 is 15.4 Å². The molecule has 2 fully saturated rings. The number of benzene rings is 1. The minimum absolute atomic E-state index is 0.207. The minimum atomic E-state index is -3.14. The fraction of sp³-hybridized carbons (Fsp3) is 0.650. The average Bonchev–Trinajstić information content (AvgIpc) is 2.51. The summed E-state index contributed by atoms with van der Waals surface area (Å²) in [6.07, 6.45) is 3.17. The van der Waals surface area contributed by atoms with Crippen molar-refractivity contribution >= 4 is 15.9 Å². The van der Waals surface area contributed by atoms with Crippen molar-refractivity contribution in [3.8, 4) is 0 Å². The van der Waals surface area contributed by atoms with E-state index in [1.807, 2.05) is 37.8 Å². The molecular weight excluding hydrogens is 364 g/mol. The van der Waals surface area contributed by atoms with Crippen LogP contribution in [0.5, 0.6) is 0 Å². The molecule has 7 heteroatoms. The summed E-state index contributed by atoms with van der Waals surface area (Å²) in [4.78, 5) is 16.7. The second-order valence-electron chi connectivity index (χ2n) is 9.03. The number of likely N-dealkylation sites (tertiary alicyclic amines) is 2. The van der Waals surface area contributed by atoms with Crippen LogP contribution in [-0.2, 0) is 21.1 Å². The SMILES string of the molecule is CC(C)(C)OC(=O)N1CC2(CCN(Cc3ccc(S(C)(=O)=O)cc3)CC2)C1.